The molecule has 0 unspecified atom stereocenters. The number of rotatable bonds is 10. The Morgan fingerprint density at radius 3 is 0.942 bits per heavy atom. The van der Waals surface area contributed by atoms with Crippen LogP contribution in [0.4, 0.5) is 0 Å². The molecule has 0 bridgehead atoms. The minimum atomic E-state index is 1.00. The van der Waals surface area contributed by atoms with E-state index in [9.17, 15) is 0 Å². The number of benzene rings is 7. The molecule has 0 spiro atoms. The third kappa shape index (κ3) is 8.21. The summed E-state index contributed by atoms with van der Waals surface area (Å²) in [6.07, 6.45) is 9.92. The van der Waals surface area contributed by atoms with E-state index in [2.05, 4.69) is 183 Å². The number of hydrogen-bond acceptors (Lipinski definition) is 0. The summed E-state index contributed by atoms with van der Waals surface area (Å²) in [7, 11) is 0. The van der Waals surface area contributed by atoms with Crippen LogP contribution in [0.1, 0.15) is 85.8 Å². The SMILES string of the molecule is CCCCCc1ccc(-c2ccc(C#Cc3c4ccccc4c(C#Cc4ccc(-c5ccc(CCCCC)cc5)cc4)c4ccccc34)cc2)cc1. The summed E-state index contributed by atoms with van der Waals surface area (Å²) >= 11 is 0. The van der Waals surface area contributed by atoms with E-state index in [4.69, 9.17) is 0 Å². The van der Waals surface area contributed by atoms with E-state index in [1.54, 1.807) is 0 Å². The van der Waals surface area contributed by atoms with Gasteiger partial charge in [-0.2, -0.15) is 0 Å². The molecule has 0 fully saturated rings. The van der Waals surface area contributed by atoms with Crippen molar-refractivity contribution in [1.29, 1.82) is 0 Å². The predicted molar refractivity (Wildman–Crippen MR) is 224 cm³/mol. The van der Waals surface area contributed by atoms with Gasteiger partial charge in [-0.05, 0) is 105 Å². The highest BCUT2D eigenvalue weighted by Gasteiger charge is 2.11. The standard InChI is InChI=1S/C52H46/c1-3-5-7-13-39-19-29-43(30-20-39)45-33-23-41(24-34-45)27-37-51-47-15-9-11-17-49(47)52(50-18-12-10-16-48(50)51)38-28-42-25-35-46(36-26-42)44-31-21-40(22-32-44)14-8-6-4-2/h9-12,15-26,29-36H,3-8,13-14H2,1-2H3. The van der Waals surface area contributed by atoms with Gasteiger partial charge in [0.25, 0.3) is 0 Å². The molecule has 0 aliphatic heterocycles. The smallest absolute Gasteiger partial charge is 0.0406 e. The van der Waals surface area contributed by atoms with Crippen LogP contribution in [-0.4, -0.2) is 0 Å². The molecule has 0 aliphatic carbocycles. The monoisotopic (exact) mass is 670 g/mol. The molecule has 0 amide bonds. The zero-order valence-corrected chi connectivity index (χ0v) is 30.5. The van der Waals surface area contributed by atoms with Gasteiger partial charge in [0.15, 0.2) is 0 Å². The molecule has 52 heavy (non-hydrogen) atoms. The van der Waals surface area contributed by atoms with Crippen molar-refractivity contribution in [2.24, 2.45) is 0 Å². The van der Waals surface area contributed by atoms with Gasteiger partial charge < -0.3 is 0 Å². The average molecular weight is 671 g/mol. The van der Waals surface area contributed by atoms with Gasteiger partial charge in [0, 0.05) is 22.3 Å². The van der Waals surface area contributed by atoms with Crippen LogP contribution in [0.15, 0.2) is 146 Å². The van der Waals surface area contributed by atoms with Crippen molar-refractivity contribution in [3.63, 3.8) is 0 Å². The first-order valence-electron chi connectivity index (χ1n) is 19.1. The highest BCUT2D eigenvalue weighted by Crippen LogP contribution is 2.32. The minimum Gasteiger partial charge on any atom is -0.0654 e. The molecule has 0 radical (unpaired) electrons. The van der Waals surface area contributed by atoms with Crippen molar-refractivity contribution in [2.75, 3.05) is 0 Å². The maximum absolute atomic E-state index is 3.58. The molecule has 0 nitrogen and oxygen atoms in total. The quantitative estimate of drug-likeness (QED) is 0.0772. The predicted octanol–water partition coefficient (Wildman–Crippen LogP) is 13.6. The summed E-state index contributed by atoms with van der Waals surface area (Å²) in [5.41, 5.74) is 11.8. The fourth-order valence-electron chi connectivity index (χ4n) is 7.05. The van der Waals surface area contributed by atoms with Crippen molar-refractivity contribution >= 4 is 21.5 Å². The lowest BCUT2D eigenvalue weighted by molar-refractivity contribution is 0.717. The molecular formula is C52H46. The van der Waals surface area contributed by atoms with Crippen molar-refractivity contribution in [3.8, 4) is 45.9 Å². The molecule has 0 heteroatoms. The van der Waals surface area contributed by atoms with Gasteiger partial charge >= 0.3 is 0 Å². The molecule has 0 saturated carbocycles. The minimum absolute atomic E-state index is 1.00. The Bertz CT molecular complexity index is 2150. The van der Waals surface area contributed by atoms with Crippen LogP contribution in [0.2, 0.25) is 0 Å². The van der Waals surface area contributed by atoms with Crippen molar-refractivity contribution < 1.29 is 0 Å². The van der Waals surface area contributed by atoms with Gasteiger partial charge in [-0.1, -0.05) is 185 Å². The zero-order chi connectivity index (χ0) is 35.5. The fourth-order valence-corrected chi connectivity index (χ4v) is 7.05. The first-order chi connectivity index (χ1) is 25.7. The van der Waals surface area contributed by atoms with E-state index >= 15 is 0 Å². The Morgan fingerprint density at radius 1 is 0.327 bits per heavy atom. The Kier molecular flexibility index (Phi) is 11.3. The molecule has 0 atom stereocenters. The van der Waals surface area contributed by atoms with Crippen LogP contribution in [0.25, 0.3) is 43.8 Å². The van der Waals surface area contributed by atoms with Gasteiger partial charge in [-0.15, -0.1) is 0 Å². The molecule has 7 aromatic rings. The third-order valence-corrected chi connectivity index (χ3v) is 10.1. The normalized spacial score (nSPS) is 10.8. The first-order valence-corrected chi connectivity index (χ1v) is 19.1. The van der Waals surface area contributed by atoms with Crippen molar-refractivity contribution in [2.45, 2.75) is 65.2 Å². The Balaban J connectivity index is 1.14. The Morgan fingerprint density at radius 2 is 0.635 bits per heavy atom. The fraction of sp³-hybridized carbons (Fsp3) is 0.192. The van der Waals surface area contributed by atoms with E-state index in [0.29, 0.717) is 0 Å². The Hall–Kier alpha value is -5.82. The lowest BCUT2D eigenvalue weighted by atomic mass is 9.91. The van der Waals surface area contributed by atoms with Crippen LogP contribution >= 0.6 is 0 Å². The van der Waals surface area contributed by atoms with Crippen LogP contribution < -0.4 is 0 Å². The largest absolute Gasteiger partial charge is 0.0654 e. The molecule has 0 aromatic heterocycles. The van der Waals surface area contributed by atoms with Crippen LogP contribution in [0.3, 0.4) is 0 Å². The van der Waals surface area contributed by atoms with E-state index in [0.717, 1.165) is 56.6 Å². The lowest BCUT2D eigenvalue weighted by Gasteiger charge is -2.10. The molecule has 7 rings (SSSR count). The second kappa shape index (κ2) is 16.9. The zero-order valence-electron chi connectivity index (χ0n) is 30.5. The number of unbranched alkanes of at least 4 members (excludes halogenated alkanes) is 4. The van der Waals surface area contributed by atoms with E-state index in [1.165, 1.54) is 71.9 Å². The number of hydrogen-bond donors (Lipinski definition) is 0. The van der Waals surface area contributed by atoms with Gasteiger partial charge in [0.05, 0.1) is 0 Å². The first kappa shape index (κ1) is 34.6. The van der Waals surface area contributed by atoms with Crippen LogP contribution in [0, 0.1) is 23.7 Å². The third-order valence-electron chi connectivity index (χ3n) is 10.1. The second-order valence-corrected chi connectivity index (χ2v) is 13.8. The second-order valence-electron chi connectivity index (χ2n) is 13.8. The molecule has 0 N–H and O–H groups in total. The number of fused-ring (bicyclic) bond motifs is 2. The summed E-state index contributed by atoms with van der Waals surface area (Å²) < 4.78 is 0. The highest BCUT2D eigenvalue weighted by molar-refractivity contribution is 6.09. The summed E-state index contributed by atoms with van der Waals surface area (Å²) in [4.78, 5) is 0. The van der Waals surface area contributed by atoms with E-state index < -0.39 is 0 Å². The molecule has 7 aromatic carbocycles. The van der Waals surface area contributed by atoms with E-state index in [-0.39, 0.29) is 0 Å². The average Bonchev–Trinajstić information content (AvgIpc) is 3.20. The summed E-state index contributed by atoms with van der Waals surface area (Å²) in [6.45, 7) is 4.51. The molecule has 0 aliphatic rings. The maximum Gasteiger partial charge on any atom is 0.0406 e. The van der Waals surface area contributed by atoms with Crippen LogP contribution in [0.5, 0.6) is 0 Å². The van der Waals surface area contributed by atoms with Gasteiger partial charge in [-0.3, -0.25) is 0 Å². The van der Waals surface area contributed by atoms with Crippen molar-refractivity contribution in [1.82, 2.24) is 0 Å². The maximum atomic E-state index is 3.58. The van der Waals surface area contributed by atoms with Crippen LogP contribution in [-0.2, 0) is 12.8 Å². The molecule has 0 heterocycles. The number of aryl methyl sites for hydroxylation is 2. The van der Waals surface area contributed by atoms with E-state index in [1.807, 2.05) is 0 Å². The molecule has 0 saturated heterocycles. The van der Waals surface area contributed by atoms with Gasteiger partial charge in [0.1, 0.15) is 0 Å². The van der Waals surface area contributed by atoms with Gasteiger partial charge in [0.2, 0.25) is 0 Å². The highest BCUT2D eigenvalue weighted by atomic mass is 14.1. The summed E-state index contributed by atoms with van der Waals surface area (Å²) in [5, 5.41) is 4.51. The molecule has 254 valence electrons. The van der Waals surface area contributed by atoms with Crippen molar-refractivity contribution in [3.05, 3.63) is 179 Å². The lowest BCUT2D eigenvalue weighted by Crippen LogP contribution is -1.90. The summed E-state index contributed by atoms with van der Waals surface area (Å²) in [6, 6.07) is 52.4. The summed E-state index contributed by atoms with van der Waals surface area (Å²) in [5.74, 6) is 14.1. The topological polar surface area (TPSA) is 0 Å². The molecular weight excluding hydrogens is 625 g/mol. The van der Waals surface area contributed by atoms with Gasteiger partial charge in [-0.25, -0.2) is 0 Å². The Labute approximate surface area is 310 Å².